The van der Waals surface area contributed by atoms with Crippen LogP contribution in [0, 0.1) is 6.92 Å². The molecule has 0 aliphatic carbocycles. The summed E-state index contributed by atoms with van der Waals surface area (Å²) >= 11 is 1.61. The van der Waals surface area contributed by atoms with E-state index in [0.29, 0.717) is 0 Å². The quantitative estimate of drug-likeness (QED) is 0.531. The highest BCUT2D eigenvalue weighted by Gasteiger charge is 2.17. The maximum atomic E-state index is 9.53. The first-order valence-electron chi connectivity index (χ1n) is 7.39. The van der Waals surface area contributed by atoms with Crippen LogP contribution in [0.5, 0.6) is 11.5 Å². The zero-order chi connectivity index (χ0) is 17.1. The molecule has 0 aliphatic rings. The monoisotopic (exact) mass is 339 g/mol. The zero-order valence-corrected chi connectivity index (χ0v) is 14.2. The predicted octanol–water partition coefficient (Wildman–Crippen LogP) is 4.78. The van der Waals surface area contributed by atoms with Gasteiger partial charge in [-0.05, 0) is 60.0 Å². The smallest absolute Gasteiger partial charge is 0.115 e. The van der Waals surface area contributed by atoms with Crippen molar-refractivity contribution in [2.24, 2.45) is 5.16 Å². The molecule has 1 heterocycles. The van der Waals surface area contributed by atoms with E-state index in [-0.39, 0.29) is 11.5 Å². The second-order valence-corrected chi connectivity index (χ2v) is 6.36. The maximum Gasteiger partial charge on any atom is 0.115 e. The molecular weight excluding hydrogens is 322 g/mol. The first kappa shape index (κ1) is 16.1. The SMILES string of the molecule is CO/N=C/c1sc(-c2ccc(O)cc2)c(C)c1-c1ccc(O)cc1. The highest BCUT2D eigenvalue weighted by atomic mass is 32.1. The molecule has 1 aromatic heterocycles. The first-order valence-corrected chi connectivity index (χ1v) is 8.20. The van der Waals surface area contributed by atoms with E-state index < -0.39 is 0 Å². The summed E-state index contributed by atoms with van der Waals surface area (Å²) in [7, 11) is 1.51. The minimum Gasteiger partial charge on any atom is -0.508 e. The third kappa shape index (κ3) is 3.12. The molecule has 3 rings (SSSR count). The van der Waals surface area contributed by atoms with Crippen LogP contribution < -0.4 is 0 Å². The Morgan fingerprint density at radius 1 is 0.917 bits per heavy atom. The zero-order valence-electron chi connectivity index (χ0n) is 13.4. The number of nitrogens with zero attached hydrogens (tertiary/aromatic N) is 1. The lowest BCUT2D eigenvalue weighted by Crippen LogP contribution is -1.85. The predicted molar refractivity (Wildman–Crippen MR) is 97.9 cm³/mol. The van der Waals surface area contributed by atoms with Crippen molar-refractivity contribution in [1.82, 2.24) is 0 Å². The highest BCUT2D eigenvalue weighted by molar-refractivity contribution is 7.18. The second-order valence-electron chi connectivity index (χ2n) is 5.31. The van der Waals surface area contributed by atoms with Crippen molar-refractivity contribution < 1.29 is 15.1 Å². The van der Waals surface area contributed by atoms with Gasteiger partial charge in [0.1, 0.15) is 18.6 Å². The third-order valence-corrected chi connectivity index (χ3v) is 5.01. The van der Waals surface area contributed by atoms with Crippen molar-refractivity contribution in [3.8, 4) is 33.1 Å². The molecule has 0 atom stereocenters. The number of thiophene rings is 1. The molecular formula is C19H17NO3S. The Balaban J connectivity index is 2.17. The summed E-state index contributed by atoms with van der Waals surface area (Å²) in [6.45, 7) is 2.06. The summed E-state index contributed by atoms with van der Waals surface area (Å²) in [4.78, 5) is 6.91. The Bertz CT molecular complexity index is 865. The largest absolute Gasteiger partial charge is 0.508 e. The van der Waals surface area contributed by atoms with E-state index >= 15 is 0 Å². The fourth-order valence-electron chi connectivity index (χ4n) is 2.60. The molecule has 0 bridgehead atoms. The number of aromatic hydroxyl groups is 2. The van der Waals surface area contributed by atoms with Crippen molar-refractivity contribution >= 4 is 17.6 Å². The summed E-state index contributed by atoms with van der Waals surface area (Å²) in [6.07, 6.45) is 1.70. The van der Waals surface area contributed by atoms with E-state index in [9.17, 15) is 10.2 Å². The molecule has 122 valence electrons. The minimum absolute atomic E-state index is 0.234. The third-order valence-electron chi connectivity index (χ3n) is 3.73. The Hall–Kier alpha value is -2.79. The fraction of sp³-hybridized carbons (Fsp3) is 0.105. The summed E-state index contributed by atoms with van der Waals surface area (Å²) in [6, 6.07) is 14.3. The van der Waals surface area contributed by atoms with Crippen LogP contribution in [0.15, 0.2) is 53.7 Å². The Labute approximate surface area is 144 Å². The van der Waals surface area contributed by atoms with Gasteiger partial charge in [0.15, 0.2) is 0 Å². The number of hydrogen-bond acceptors (Lipinski definition) is 5. The van der Waals surface area contributed by atoms with Crippen molar-refractivity contribution in [2.75, 3.05) is 7.11 Å². The molecule has 2 aromatic carbocycles. The van der Waals surface area contributed by atoms with Crippen molar-refractivity contribution in [3.05, 3.63) is 59.0 Å². The molecule has 24 heavy (non-hydrogen) atoms. The number of benzene rings is 2. The van der Waals surface area contributed by atoms with E-state index in [1.54, 1.807) is 41.8 Å². The van der Waals surface area contributed by atoms with Crippen LogP contribution in [-0.2, 0) is 4.84 Å². The fourth-order valence-corrected chi connectivity index (χ4v) is 3.80. The van der Waals surface area contributed by atoms with Crippen LogP contribution >= 0.6 is 11.3 Å². The Morgan fingerprint density at radius 2 is 1.46 bits per heavy atom. The molecule has 0 saturated heterocycles. The van der Waals surface area contributed by atoms with Crippen LogP contribution in [0.25, 0.3) is 21.6 Å². The van der Waals surface area contributed by atoms with Gasteiger partial charge in [0.25, 0.3) is 0 Å². The van der Waals surface area contributed by atoms with Crippen LogP contribution in [0.4, 0.5) is 0 Å². The number of rotatable bonds is 4. The van der Waals surface area contributed by atoms with E-state index in [0.717, 1.165) is 32.0 Å². The van der Waals surface area contributed by atoms with Gasteiger partial charge in [-0.25, -0.2) is 0 Å². The van der Waals surface area contributed by atoms with Gasteiger partial charge in [-0.15, -0.1) is 11.3 Å². The van der Waals surface area contributed by atoms with Gasteiger partial charge in [-0.1, -0.05) is 17.3 Å². The molecule has 0 aliphatic heterocycles. The molecule has 5 heteroatoms. The van der Waals surface area contributed by atoms with Gasteiger partial charge in [-0.3, -0.25) is 0 Å². The van der Waals surface area contributed by atoms with Crippen LogP contribution in [0.2, 0.25) is 0 Å². The Kier molecular flexibility index (Phi) is 4.53. The number of phenols is 2. The molecule has 2 N–H and O–H groups in total. The molecule has 3 aromatic rings. The van der Waals surface area contributed by atoms with Gasteiger partial charge in [0.2, 0.25) is 0 Å². The Morgan fingerprint density at radius 3 is 2.00 bits per heavy atom. The van der Waals surface area contributed by atoms with E-state index in [1.165, 1.54) is 7.11 Å². The molecule has 0 spiro atoms. The summed E-state index contributed by atoms with van der Waals surface area (Å²) in [5, 5.41) is 22.9. The lowest BCUT2D eigenvalue weighted by atomic mass is 9.99. The lowest BCUT2D eigenvalue weighted by molar-refractivity contribution is 0.215. The minimum atomic E-state index is 0.234. The molecule has 0 fully saturated rings. The van der Waals surface area contributed by atoms with Gasteiger partial charge in [0, 0.05) is 10.4 Å². The number of oxime groups is 1. The number of phenolic OH excluding ortho intramolecular Hbond substituents is 2. The van der Waals surface area contributed by atoms with Gasteiger partial charge >= 0.3 is 0 Å². The molecule has 0 saturated carbocycles. The molecule has 0 amide bonds. The standard InChI is InChI=1S/C19H17NO3S/c1-12-18(13-3-7-15(21)8-4-13)17(11-20-23-2)24-19(12)14-5-9-16(22)10-6-14/h3-11,21-22H,1-2H3/b20-11+. The van der Waals surface area contributed by atoms with E-state index in [4.69, 9.17) is 4.84 Å². The van der Waals surface area contributed by atoms with Gasteiger partial charge in [-0.2, -0.15) is 0 Å². The average molecular weight is 339 g/mol. The van der Waals surface area contributed by atoms with Crippen molar-refractivity contribution in [1.29, 1.82) is 0 Å². The van der Waals surface area contributed by atoms with Crippen LogP contribution in [0.1, 0.15) is 10.4 Å². The average Bonchev–Trinajstić information content (AvgIpc) is 2.91. The molecule has 4 nitrogen and oxygen atoms in total. The summed E-state index contributed by atoms with van der Waals surface area (Å²) in [5.74, 6) is 0.477. The maximum absolute atomic E-state index is 9.53. The topological polar surface area (TPSA) is 62.0 Å². The van der Waals surface area contributed by atoms with Gasteiger partial charge < -0.3 is 15.1 Å². The van der Waals surface area contributed by atoms with Crippen LogP contribution in [0.3, 0.4) is 0 Å². The summed E-state index contributed by atoms with van der Waals surface area (Å²) in [5.41, 5.74) is 4.22. The van der Waals surface area contributed by atoms with Crippen molar-refractivity contribution in [2.45, 2.75) is 6.92 Å². The summed E-state index contributed by atoms with van der Waals surface area (Å²) < 4.78 is 0. The van der Waals surface area contributed by atoms with E-state index in [1.807, 2.05) is 24.3 Å². The van der Waals surface area contributed by atoms with Crippen molar-refractivity contribution in [3.63, 3.8) is 0 Å². The normalized spacial score (nSPS) is 11.1. The molecule has 0 unspecified atom stereocenters. The number of hydrogen-bond donors (Lipinski definition) is 2. The molecule has 0 radical (unpaired) electrons. The highest BCUT2D eigenvalue weighted by Crippen LogP contribution is 2.41. The van der Waals surface area contributed by atoms with E-state index in [2.05, 4.69) is 12.1 Å². The van der Waals surface area contributed by atoms with Crippen LogP contribution in [-0.4, -0.2) is 23.5 Å². The van der Waals surface area contributed by atoms with Gasteiger partial charge in [0.05, 0.1) is 11.1 Å². The lowest BCUT2D eigenvalue weighted by Gasteiger charge is -2.05. The second kappa shape index (κ2) is 6.76. The first-order chi connectivity index (χ1) is 11.6.